The van der Waals surface area contributed by atoms with Gasteiger partial charge in [0.25, 0.3) is 0 Å². The van der Waals surface area contributed by atoms with Gasteiger partial charge in [0.1, 0.15) is 0 Å². The Morgan fingerprint density at radius 2 is 1.11 bits per heavy atom. The predicted molar refractivity (Wildman–Crippen MR) is 15.1 cm³/mol. The summed E-state index contributed by atoms with van der Waals surface area (Å²) in [6.07, 6.45) is 0. The van der Waals surface area contributed by atoms with E-state index in [0.29, 0.717) is 0 Å². The van der Waals surface area contributed by atoms with Gasteiger partial charge in [-0.15, -0.1) is 0 Å². The van der Waals surface area contributed by atoms with Crippen molar-refractivity contribution in [3.63, 3.8) is 0 Å². The summed E-state index contributed by atoms with van der Waals surface area (Å²) < 4.78 is 8.66. The number of hydrogen-bond donors (Lipinski definition) is 3. The first-order chi connectivity index (χ1) is 3.00. The molecule has 0 fully saturated rings. The van der Waals surface area contributed by atoms with Gasteiger partial charge >= 0.3 is 59.1 Å². The van der Waals surface area contributed by atoms with Crippen molar-refractivity contribution in [1.29, 1.82) is 0 Å². The predicted octanol–water partition coefficient (Wildman–Crippen LogP) is -8.17. The monoisotopic (exact) mass is 176 g/mol. The fourth-order valence-corrected chi connectivity index (χ4v) is 0. The molecule has 0 unspecified atom stereocenters. The maximum atomic E-state index is 8.66. The minimum absolute atomic E-state index is 0. The van der Waals surface area contributed by atoms with Crippen molar-refractivity contribution in [2.45, 2.75) is 0 Å². The van der Waals surface area contributed by atoms with E-state index in [-0.39, 0.29) is 59.1 Å². The Bertz CT molecular complexity index is 57.2. The molecule has 0 aromatic rings. The fraction of sp³-hybridized carbons (Fsp3) is 0. The van der Waals surface area contributed by atoms with Crippen molar-refractivity contribution in [3.8, 4) is 0 Å². The van der Waals surface area contributed by atoms with Crippen molar-refractivity contribution >= 4 is 7.82 Å². The molecule has 0 amide bonds. The molecule has 0 aliphatic rings. The average Bonchev–Trinajstić information content (AvgIpc) is 1.36. The third-order valence-corrected chi connectivity index (χ3v) is 0. The van der Waals surface area contributed by atoms with Gasteiger partial charge in [0.2, 0.25) is 0 Å². The molecule has 9 heteroatoms. The Hall–Kier alpha value is 2.03. The second-order valence-corrected chi connectivity index (χ2v) is 1.41. The van der Waals surface area contributed by atoms with E-state index in [1.165, 1.54) is 0 Å². The maximum absolute atomic E-state index is 8.66. The fourth-order valence-electron chi connectivity index (χ4n) is 0. The number of phosphoric acid groups is 1. The zero-order chi connectivity index (χ0) is 6.50. The Labute approximate surface area is 95.7 Å². The van der Waals surface area contributed by atoms with Crippen LogP contribution in [0.4, 0.5) is 0 Å². The van der Waals surface area contributed by atoms with Crippen LogP contribution in [-0.2, 0) is 4.57 Å². The molecular formula is H3Na2O6P. The summed E-state index contributed by atoms with van der Waals surface area (Å²) in [4.78, 5) is 24.3. The van der Waals surface area contributed by atoms with Crippen molar-refractivity contribution in [1.82, 2.24) is 0 Å². The Morgan fingerprint density at radius 1 is 1.11 bits per heavy atom. The molecule has 0 heterocycles. The second-order valence-electron chi connectivity index (χ2n) is 0.469. The molecule has 0 aromatic heterocycles. The van der Waals surface area contributed by atoms with E-state index in [4.69, 9.17) is 29.8 Å². The first-order valence-electron chi connectivity index (χ1n) is 0.948. The van der Waals surface area contributed by atoms with Crippen LogP contribution in [0.5, 0.6) is 0 Å². The van der Waals surface area contributed by atoms with Gasteiger partial charge in [0, 0.05) is 0 Å². The van der Waals surface area contributed by atoms with Crippen LogP contribution in [0.15, 0.2) is 0 Å². The number of rotatable bonds is 0. The van der Waals surface area contributed by atoms with E-state index in [2.05, 4.69) is 0 Å². The van der Waals surface area contributed by atoms with E-state index in [0.717, 1.165) is 0 Å². The van der Waals surface area contributed by atoms with Gasteiger partial charge in [-0.2, -0.15) is 0 Å². The van der Waals surface area contributed by atoms with Gasteiger partial charge < -0.3 is 19.2 Å². The summed E-state index contributed by atoms with van der Waals surface area (Å²) in [5.41, 5.74) is 0. The van der Waals surface area contributed by atoms with Gasteiger partial charge in [-0.25, -0.2) is 0 Å². The minimum Gasteiger partial charge on any atom is -0.790 e. The van der Waals surface area contributed by atoms with Crippen molar-refractivity contribution in [2.75, 3.05) is 0 Å². The molecule has 0 aromatic carbocycles. The molecule has 3 N–H and O–H groups in total. The van der Waals surface area contributed by atoms with Crippen molar-refractivity contribution in [3.05, 3.63) is 0 Å². The van der Waals surface area contributed by atoms with E-state index >= 15 is 0 Å². The average molecular weight is 176 g/mol. The van der Waals surface area contributed by atoms with Crippen molar-refractivity contribution in [2.24, 2.45) is 0 Å². The first-order valence-corrected chi connectivity index (χ1v) is 2.44. The molecule has 6 nitrogen and oxygen atoms in total. The van der Waals surface area contributed by atoms with Crippen LogP contribution >= 0.6 is 7.82 Å². The molecule has 0 saturated carbocycles. The smallest absolute Gasteiger partial charge is 0.790 e. The zero-order valence-electron chi connectivity index (χ0n) is 5.01. The van der Waals surface area contributed by atoms with Crippen molar-refractivity contribution < 1.29 is 88.9 Å². The molecule has 0 atom stereocenters. The summed E-state index contributed by atoms with van der Waals surface area (Å²) in [5.74, 6) is 0. The Kier molecular flexibility index (Phi) is 31.6. The number of hydrogen-bond acceptors (Lipinski definition) is 5. The topological polar surface area (TPSA) is 124 Å². The zero-order valence-corrected chi connectivity index (χ0v) is 9.91. The molecule has 0 aliphatic heterocycles. The van der Waals surface area contributed by atoms with Gasteiger partial charge in [-0.1, -0.05) is 0 Å². The van der Waals surface area contributed by atoms with E-state index in [9.17, 15) is 0 Å². The van der Waals surface area contributed by atoms with Crippen LogP contribution < -0.4 is 68.9 Å². The summed E-state index contributed by atoms with van der Waals surface area (Å²) in [6, 6.07) is 0. The third kappa shape index (κ3) is 157. The minimum atomic E-state index is -5.14. The second kappa shape index (κ2) is 12.7. The molecule has 0 aliphatic carbocycles. The summed E-state index contributed by atoms with van der Waals surface area (Å²) in [7, 11) is -5.14. The van der Waals surface area contributed by atoms with Gasteiger partial charge in [0.15, 0.2) is 0 Å². The molecule has 46 valence electrons. The van der Waals surface area contributed by atoms with Crippen LogP contribution in [0.1, 0.15) is 0 Å². The quantitative estimate of drug-likeness (QED) is 0.146. The van der Waals surface area contributed by atoms with E-state index < -0.39 is 7.82 Å². The van der Waals surface area contributed by atoms with Crippen LogP contribution in [0, 0.1) is 0 Å². The summed E-state index contributed by atoms with van der Waals surface area (Å²) in [5, 5.41) is 12.0. The molecule has 0 saturated heterocycles. The molecule has 0 spiro atoms. The molecule has 9 heavy (non-hydrogen) atoms. The molecule has 0 rings (SSSR count). The van der Waals surface area contributed by atoms with Crippen LogP contribution in [0.3, 0.4) is 0 Å². The van der Waals surface area contributed by atoms with Crippen LogP contribution in [0.25, 0.3) is 0 Å². The van der Waals surface area contributed by atoms with E-state index in [1.54, 1.807) is 0 Å². The first kappa shape index (κ1) is 22.5. The Morgan fingerprint density at radius 3 is 1.11 bits per heavy atom. The van der Waals surface area contributed by atoms with Gasteiger partial charge in [0.05, 0.1) is 7.82 Å². The largest absolute Gasteiger partial charge is 1.00 e. The third-order valence-electron chi connectivity index (χ3n) is 0. The maximum Gasteiger partial charge on any atom is 1.00 e. The molecule has 0 bridgehead atoms. The van der Waals surface area contributed by atoms with E-state index in [1.807, 2.05) is 0 Å². The standard InChI is InChI=1S/2Na.H3O4P.H2O2/c;;1-5(2,3)4;1-2/h;;(H3,1,2,3,4);1-2H/q2*+1;;/p-2. The summed E-state index contributed by atoms with van der Waals surface area (Å²) >= 11 is 0. The molecule has 0 radical (unpaired) electrons. The van der Waals surface area contributed by atoms with Gasteiger partial charge in [-0.05, 0) is 0 Å². The molecular weight excluding hydrogens is 173 g/mol. The normalized spacial score (nSPS) is 7.22. The SMILES string of the molecule is O=P([O-])([O-])O.OO.[Na+].[Na+]. The summed E-state index contributed by atoms with van der Waals surface area (Å²) in [6.45, 7) is 0. The van der Waals surface area contributed by atoms with Crippen LogP contribution in [0.2, 0.25) is 0 Å². The van der Waals surface area contributed by atoms with Crippen LogP contribution in [-0.4, -0.2) is 15.4 Å². The van der Waals surface area contributed by atoms with Gasteiger partial charge in [-0.3, -0.25) is 10.5 Å². The Balaban J connectivity index is -0.0000000286.